The normalized spacial score (nSPS) is 10.7. The van der Waals surface area contributed by atoms with E-state index in [9.17, 15) is 14.0 Å². The minimum absolute atomic E-state index is 0.0271. The maximum absolute atomic E-state index is 13.3. The first-order valence-electron chi connectivity index (χ1n) is 5.83. The molecule has 1 heterocycles. The maximum Gasteiger partial charge on any atom is 0.276 e. The van der Waals surface area contributed by atoms with E-state index in [-0.39, 0.29) is 11.1 Å². The van der Waals surface area contributed by atoms with Crippen molar-refractivity contribution in [2.45, 2.75) is 0 Å². The average Bonchev–Trinajstić information content (AvgIpc) is 2.44. The van der Waals surface area contributed by atoms with E-state index in [2.05, 4.69) is 10.5 Å². The first kappa shape index (κ1) is 13.7. The maximum atomic E-state index is 13.3. The molecule has 1 aromatic heterocycles. The van der Waals surface area contributed by atoms with Crippen molar-refractivity contribution in [3.05, 3.63) is 69.9 Å². The van der Waals surface area contributed by atoms with Crippen LogP contribution in [-0.4, -0.2) is 16.7 Å². The number of amides is 1. The Morgan fingerprint density at radius 1 is 1.30 bits per heavy atom. The van der Waals surface area contributed by atoms with Crippen LogP contribution in [0.25, 0.3) is 0 Å². The fourth-order valence-electron chi connectivity index (χ4n) is 1.57. The molecule has 0 unspecified atom stereocenters. The number of nitrogens with zero attached hydrogens (tertiary/aromatic N) is 2. The van der Waals surface area contributed by atoms with Gasteiger partial charge in [-0.2, -0.15) is 5.10 Å². The quantitative estimate of drug-likeness (QED) is 0.676. The number of aryl methyl sites for hydroxylation is 1. The monoisotopic (exact) mass is 273 g/mol. The highest BCUT2D eigenvalue weighted by Gasteiger charge is 2.09. The van der Waals surface area contributed by atoms with Gasteiger partial charge in [0.15, 0.2) is 0 Å². The Morgan fingerprint density at radius 3 is 2.80 bits per heavy atom. The van der Waals surface area contributed by atoms with Gasteiger partial charge in [0.1, 0.15) is 11.4 Å². The number of halogens is 1. The van der Waals surface area contributed by atoms with Crippen LogP contribution in [0.1, 0.15) is 15.9 Å². The molecular formula is C14H12FN3O2. The molecule has 0 bridgehead atoms. The Labute approximate surface area is 114 Å². The van der Waals surface area contributed by atoms with Gasteiger partial charge in [0, 0.05) is 18.8 Å². The summed E-state index contributed by atoms with van der Waals surface area (Å²) >= 11 is 0. The summed E-state index contributed by atoms with van der Waals surface area (Å²) in [5.41, 5.74) is 1.99. The second-order valence-electron chi connectivity index (χ2n) is 4.06. The zero-order valence-electron chi connectivity index (χ0n) is 10.7. The van der Waals surface area contributed by atoms with Crippen LogP contribution in [0.2, 0.25) is 0 Å². The van der Waals surface area contributed by atoms with E-state index in [1.54, 1.807) is 31.4 Å². The average molecular weight is 273 g/mol. The molecular weight excluding hydrogens is 261 g/mol. The van der Waals surface area contributed by atoms with E-state index in [1.165, 1.54) is 29.0 Å². The predicted octanol–water partition coefficient (Wildman–Crippen LogP) is 1.29. The summed E-state index contributed by atoms with van der Waals surface area (Å²) in [7, 11) is 1.54. The van der Waals surface area contributed by atoms with Crippen molar-refractivity contribution < 1.29 is 9.18 Å². The van der Waals surface area contributed by atoms with Gasteiger partial charge in [0.05, 0.1) is 6.21 Å². The van der Waals surface area contributed by atoms with Crippen LogP contribution in [0.4, 0.5) is 4.39 Å². The number of aromatic nitrogens is 1. The van der Waals surface area contributed by atoms with Gasteiger partial charge < -0.3 is 4.57 Å². The van der Waals surface area contributed by atoms with Crippen LogP contribution in [0.5, 0.6) is 0 Å². The Morgan fingerprint density at radius 2 is 2.05 bits per heavy atom. The first-order chi connectivity index (χ1) is 9.59. The van der Waals surface area contributed by atoms with Gasteiger partial charge >= 0.3 is 0 Å². The largest absolute Gasteiger partial charge is 0.318 e. The third kappa shape index (κ3) is 2.97. The number of hydrazone groups is 1. The number of nitrogens with one attached hydrogen (secondary N) is 1. The fourth-order valence-corrected chi connectivity index (χ4v) is 1.57. The topological polar surface area (TPSA) is 63.5 Å². The molecule has 2 aromatic rings. The van der Waals surface area contributed by atoms with Crippen molar-refractivity contribution in [2.75, 3.05) is 0 Å². The number of benzene rings is 1. The number of carbonyl (C=O) groups is 1. The Bertz CT molecular complexity index is 722. The van der Waals surface area contributed by atoms with Crippen LogP contribution < -0.4 is 11.0 Å². The lowest BCUT2D eigenvalue weighted by atomic mass is 10.2. The molecule has 2 rings (SSSR count). The molecule has 0 aliphatic rings. The summed E-state index contributed by atoms with van der Waals surface area (Å²) < 4.78 is 14.6. The van der Waals surface area contributed by atoms with Gasteiger partial charge in [-0.05, 0) is 18.2 Å². The molecule has 0 aliphatic carbocycles. The zero-order chi connectivity index (χ0) is 14.5. The molecule has 0 atom stereocenters. The number of pyridine rings is 1. The van der Waals surface area contributed by atoms with Gasteiger partial charge in [0.25, 0.3) is 11.5 Å². The molecule has 0 saturated heterocycles. The van der Waals surface area contributed by atoms with Crippen molar-refractivity contribution in [3.63, 3.8) is 0 Å². The van der Waals surface area contributed by atoms with Crippen molar-refractivity contribution in [1.82, 2.24) is 9.99 Å². The number of carbonyl (C=O) groups excluding carboxylic acids is 1. The van der Waals surface area contributed by atoms with E-state index in [4.69, 9.17) is 0 Å². The molecule has 102 valence electrons. The highest BCUT2D eigenvalue weighted by molar-refractivity contribution is 5.94. The summed E-state index contributed by atoms with van der Waals surface area (Å²) in [4.78, 5) is 23.4. The summed E-state index contributed by atoms with van der Waals surface area (Å²) in [6, 6.07) is 8.99. The highest BCUT2D eigenvalue weighted by atomic mass is 19.1. The minimum atomic E-state index is -0.640. The predicted molar refractivity (Wildman–Crippen MR) is 73.1 cm³/mol. The van der Waals surface area contributed by atoms with E-state index in [0.29, 0.717) is 0 Å². The summed E-state index contributed by atoms with van der Waals surface area (Å²) in [5, 5.41) is 3.64. The van der Waals surface area contributed by atoms with Crippen molar-refractivity contribution in [2.24, 2.45) is 12.1 Å². The van der Waals surface area contributed by atoms with Gasteiger partial charge in [-0.15, -0.1) is 0 Å². The van der Waals surface area contributed by atoms with Crippen molar-refractivity contribution >= 4 is 12.1 Å². The van der Waals surface area contributed by atoms with Crippen LogP contribution in [-0.2, 0) is 7.05 Å². The lowest BCUT2D eigenvalue weighted by Gasteiger charge is -2.01. The van der Waals surface area contributed by atoms with Crippen molar-refractivity contribution in [1.29, 1.82) is 0 Å². The van der Waals surface area contributed by atoms with E-state index in [0.717, 1.165) is 0 Å². The SMILES string of the molecule is Cn1cccc(C(=O)N/N=C\c2ccccc2F)c1=O. The molecule has 5 nitrogen and oxygen atoms in total. The van der Waals surface area contributed by atoms with Crippen LogP contribution >= 0.6 is 0 Å². The van der Waals surface area contributed by atoms with Gasteiger partial charge in [-0.3, -0.25) is 9.59 Å². The molecule has 0 aliphatic heterocycles. The molecule has 0 radical (unpaired) electrons. The third-order valence-corrected chi connectivity index (χ3v) is 2.64. The fraction of sp³-hybridized carbons (Fsp3) is 0.0714. The molecule has 0 spiro atoms. The van der Waals surface area contributed by atoms with Gasteiger partial charge in [0.2, 0.25) is 0 Å². The van der Waals surface area contributed by atoms with E-state index < -0.39 is 17.3 Å². The van der Waals surface area contributed by atoms with Gasteiger partial charge in [-0.25, -0.2) is 9.82 Å². The Balaban J connectivity index is 2.12. The smallest absolute Gasteiger partial charge is 0.276 e. The lowest BCUT2D eigenvalue weighted by molar-refractivity contribution is 0.0953. The molecule has 20 heavy (non-hydrogen) atoms. The molecule has 1 aromatic carbocycles. The number of rotatable bonds is 3. The zero-order valence-corrected chi connectivity index (χ0v) is 10.7. The molecule has 1 amide bonds. The van der Waals surface area contributed by atoms with Crippen LogP contribution in [0.3, 0.4) is 0 Å². The molecule has 0 saturated carbocycles. The Kier molecular flexibility index (Phi) is 4.05. The molecule has 0 fully saturated rings. The highest BCUT2D eigenvalue weighted by Crippen LogP contribution is 2.02. The molecule has 6 heteroatoms. The van der Waals surface area contributed by atoms with Crippen LogP contribution in [0, 0.1) is 5.82 Å². The number of hydrogen-bond donors (Lipinski definition) is 1. The van der Waals surface area contributed by atoms with E-state index in [1.807, 2.05) is 0 Å². The van der Waals surface area contributed by atoms with Crippen molar-refractivity contribution in [3.8, 4) is 0 Å². The molecule has 1 N–H and O–H groups in total. The summed E-state index contributed by atoms with van der Waals surface area (Å²) in [5.74, 6) is -1.08. The second-order valence-corrected chi connectivity index (χ2v) is 4.06. The lowest BCUT2D eigenvalue weighted by Crippen LogP contribution is -2.29. The summed E-state index contributed by atoms with van der Waals surface area (Å²) in [6.07, 6.45) is 2.72. The Hall–Kier alpha value is -2.76. The third-order valence-electron chi connectivity index (χ3n) is 2.64. The van der Waals surface area contributed by atoms with Crippen LogP contribution in [0.15, 0.2) is 52.5 Å². The second kappa shape index (κ2) is 5.92. The number of hydrogen-bond acceptors (Lipinski definition) is 3. The van der Waals surface area contributed by atoms with Gasteiger partial charge in [-0.1, -0.05) is 18.2 Å². The van der Waals surface area contributed by atoms with E-state index >= 15 is 0 Å². The standard InChI is InChI=1S/C14H12FN3O2/c1-18-8-4-6-11(14(18)20)13(19)17-16-9-10-5-2-3-7-12(10)15/h2-9H,1H3,(H,17,19)/b16-9-. The first-order valence-corrected chi connectivity index (χ1v) is 5.83. The minimum Gasteiger partial charge on any atom is -0.318 e. The summed E-state index contributed by atoms with van der Waals surface area (Å²) in [6.45, 7) is 0.